The molecule has 410 valence electrons. The molecule has 5 fully saturated rings. The molecule has 1 N–H and O–H groups in total. The number of thiazole rings is 1. The van der Waals surface area contributed by atoms with Crippen molar-refractivity contribution in [3.05, 3.63) is 70.3 Å². The minimum absolute atomic E-state index is 0.0249. The second kappa shape index (κ2) is 21.8. The molecule has 3 aromatic heterocycles. The number of fused-ring (bicyclic) bond motifs is 6. The molecule has 10 rings (SSSR count). The van der Waals surface area contributed by atoms with Gasteiger partial charge in [-0.15, -0.1) is 0 Å². The number of aromatic nitrogens is 3. The van der Waals surface area contributed by atoms with E-state index in [0.29, 0.717) is 57.4 Å². The Bertz CT molecular complexity index is 2910. The van der Waals surface area contributed by atoms with Gasteiger partial charge in [0, 0.05) is 19.3 Å². The third-order valence-corrected chi connectivity index (χ3v) is 22.1. The summed E-state index contributed by atoms with van der Waals surface area (Å²) < 4.78 is 12.8. The molecular weight excluding hydrogens is 1090 g/mol. The SMILES string of the molecule is CCn1c(-c2cccnc2[C@H](C)OC)c2c3cc(ccc31)-c1csc(n1)C[C@@]1([I-]C1C(=O)[C@H](C(C)C)N(C)C(=O)N(C)C1CN(C(=O)/C=C/[C@H]3CCCN(C)C3C3CC3)C1)C(=O)N1CCC[C@H](N1)C(=O)OCC(C)(C)C2. The van der Waals surface area contributed by atoms with Gasteiger partial charge in [-0.05, 0) is 64.1 Å². The van der Waals surface area contributed by atoms with E-state index in [0.717, 1.165) is 75.0 Å². The van der Waals surface area contributed by atoms with Crippen molar-refractivity contribution in [2.45, 2.75) is 137 Å². The minimum atomic E-state index is -1.07. The molecule has 0 radical (unpaired) electrons. The number of likely N-dealkylation sites (tertiary alicyclic amines) is 2. The van der Waals surface area contributed by atoms with Crippen molar-refractivity contribution in [3.63, 3.8) is 0 Å². The van der Waals surface area contributed by atoms with Gasteiger partial charge in [-0.1, -0.05) is 0 Å². The van der Waals surface area contributed by atoms with Crippen molar-refractivity contribution in [1.82, 2.24) is 44.6 Å². The fourth-order valence-electron chi connectivity index (χ4n) is 12.6. The van der Waals surface area contributed by atoms with E-state index in [1.54, 1.807) is 53.2 Å². The molecule has 8 heterocycles. The van der Waals surface area contributed by atoms with Crippen LogP contribution in [0.5, 0.6) is 0 Å². The van der Waals surface area contributed by atoms with E-state index in [4.69, 9.17) is 19.4 Å². The van der Waals surface area contributed by atoms with Gasteiger partial charge in [0.1, 0.15) is 0 Å². The number of ether oxygens (including phenoxy) is 2. The summed E-state index contributed by atoms with van der Waals surface area (Å²) in [5.41, 5.74) is 9.59. The summed E-state index contributed by atoms with van der Waals surface area (Å²) in [4.78, 5) is 89.9. The summed E-state index contributed by atoms with van der Waals surface area (Å²) in [7, 11) is 7.35. The van der Waals surface area contributed by atoms with E-state index in [1.165, 1.54) is 24.2 Å². The Hall–Kier alpha value is -4.76. The predicted octanol–water partition coefficient (Wildman–Crippen LogP) is 4.39. The number of hydrogen-bond donors (Lipinski definition) is 1. The number of rotatable bonds is 12. The number of ketones is 1. The number of piperidine rings is 1. The third kappa shape index (κ3) is 10.5. The Morgan fingerprint density at radius 1 is 1.04 bits per heavy atom. The zero-order chi connectivity index (χ0) is 54.0. The van der Waals surface area contributed by atoms with Crippen LogP contribution in [-0.4, -0.2) is 161 Å². The first-order chi connectivity index (χ1) is 36.3. The number of likely N-dealkylation sites (N-methyl/N-ethyl adjacent to an activating group) is 2. The summed E-state index contributed by atoms with van der Waals surface area (Å²) in [6.07, 6.45) is 12.1. The van der Waals surface area contributed by atoms with E-state index in [1.807, 2.05) is 32.2 Å². The number of carbonyl (C=O) groups is 5. The molecule has 18 heteroatoms. The molecule has 5 aliphatic heterocycles. The van der Waals surface area contributed by atoms with E-state index in [9.17, 15) is 14.4 Å². The molecule has 1 aliphatic carbocycles. The number of cyclic esters (lactones) is 1. The number of benzene rings is 1. The van der Waals surface area contributed by atoms with Gasteiger partial charge in [-0.3, -0.25) is 4.98 Å². The molecular formula is C58H77IN9O7S-. The van der Waals surface area contributed by atoms with Crippen molar-refractivity contribution in [3.8, 4) is 22.5 Å². The van der Waals surface area contributed by atoms with Crippen LogP contribution >= 0.6 is 11.3 Å². The zero-order valence-corrected chi connectivity index (χ0v) is 49.0. The fourth-order valence-corrected chi connectivity index (χ4v) is 17.3. The number of nitrogens with zero attached hydrogens (tertiary/aromatic N) is 8. The number of esters is 1. The Morgan fingerprint density at radius 2 is 1.80 bits per heavy atom. The fraction of sp³-hybridized carbons (Fsp3) is 0.603. The molecule has 6 bridgehead atoms. The van der Waals surface area contributed by atoms with Crippen molar-refractivity contribution in [2.24, 2.45) is 23.2 Å². The second-order valence-corrected chi connectivity index (χ2v) is 28.2. The van der Waals surface area contributed by atoms with Crippen molar-refractivity contribution in [2.75, 3.05) is 61.0 Å². The van der Waals surface area contributed by atoms with Gasteiger partial charge in [-0.25, -0.2) is 0 Å². The molecule has 7 atom stereocenters. The summed E-state index contributed by atoms with van der Waals surface area (Å²) in [5, 5.41) is 5.45. The molecule has 6 aliphatic rings. The molecule has 1 aromatic carbocycles. The summed E-state index contributed by atoms with van der Waals surface area (Å²) in [5.74, 6) is 0.101. The summed E-state index contributed by atoms with van der Waals surface area (Å²) in [6.45, 7) is 15.5. The van der Waals surface area contributed by atoms with Gasteiger partial charge >= 0.3 is 361 Å². The van der Waals surface area contributed by atoms with Crippen LogP contribution in [0.3, 0.4) is 0 Å². The number of aryl methyl sites for hydroxylation is 1. The standard InChI is InChI=1S/C58H77IN9O7S/c1-11-67-45-22-20-38-27-41(45)42(51(67)40-16-12-24-60-48(40)35(4)74-10)28-57(5,6)33-75-54(71)43-17-14-26-68(62-43)55(72)58(29-46-61-44(38)32-76-46)53(59-58)52(70)49(34(2)3)65(9)56(73)64(8)39-30-66(31-39)47(69)23-21-36-15-13-25-63(7)50(36)37-18-19-37/h12,16,20-24,27,32,34-37,39,43,49-50,53,62H,11,13-15,17-19,25-26,28-31,33H2,1-10H3/q-1/b23-21+/t35-,36+,43-,49-,50?,53?,58-/m0/s1. The molecule has 2 unspecified atom stereocenters. The van der Waals surface area contributed by atoms with E-state index < -0.39 is 52.0 Å². The second-order valence-electron chi connectivity index (χ2n) is 23.5. The molecule has 16 nitrogen and oxygen atoms in total. The van der Waals surface area contributed by atoms with Crippen LogP contribution in [0, 0.1) is 23.2 Å². The van der Waals surface area contributed by atoms with Crippen molar-refractivity contribution in [1.29, 1.82) is 0 Å². The Morgan fingerprint density at radius 3 is 2.53 bits per heavy atom. The van der Waals surface area contributed by atoms with Crippen molar-refractivity contribution >= 4 is 51.8 Å². The number of Topliss-reactive ketones (excluding diaryl/α,β-unsaturated/α-hetero) is 1. The molecule has 76 heavy (non-hydrogen) atoms. The quantitative estimate of drug-likeness (QED) is 0.0928. The number of hydrazine groups is 1. The van der Waals surface area contributed by atoms with E-state index >= 15 is 9.59 Å². The van der Waals surface area contributed by atoms with Gasteiger partial charge in [0.05, 0.1) is 6.10 Å². The number of hydrogen-bond acceptors (Lipinski definition) is 12. The van der Waals surface area contributed by atoms with Crippen LogP contribution in [0.1, 0.15) is 102 Å². The Balaban J connectivity index is 0.915. The van der Waals surface area contributed by atoms with Gasteiger partial charge in [-0.2, -0.15) is 0 Å². The van der Waals surface area contributed by atoms with E-state index in [2.05, 4.69) is 73.1 Å². The molecule has 4 amide bonds. The third-order valence-electron chi connectivity index (χ3n) is 17.1. The van der Waals surface area contributed by atoms with Gasteiger partial charge < -0.3 is 9.64 Å². The first kappa shape index (κ1) is 54.6. The Labute approximate surface area is 462 Å². The maximum atomic E-state index is 15.2. The van der Waals surface area contributed by atoms with Gasteiger partial charge in [0.15, 0.2) is 0 Å². The monoisotopic (exact) mass is 1170 g/mol. The number of methoxy groups -OCH3 is 1. The van der Waals surface area contributed by atoms with Crippen LogP contribution in [0.15, 0.2) is 54.1 Å². The number of pyridine rings is 1. The first-order valence-electron chi connectivity index (χ1n) is 27.5. The number of carbonyl (C=O) groups excluding carboxylic acids is 5. The summed E-state index contributed by atoms with van der Waals surface area (Å²) in [6, 6.07) is 9.05. The van der Waals surface area contributed by atoms with Crippen LogP contribution in [0.25, 0.3) is 33.4 Å². The summed E-state index contributed by atoms with van der Waals surface area (Å²) >= 11 is 0.428. The predicted molar refractivity (Wildman–Crippen MR) is 290 cm³/mol. The van der Waals surface area contributed by atoms with E-state index in [-0.39, 0.29) is 54.7 Å². The van der Waals surface area contributed by atoms with Crippen LogP contribution in [0.2, 0.25) is 0 Å². The first-order valence-corrected chi connectivity index (χ1v) is 30.7. The number of nitrogens with one attached hydrogen (secondary N) is 1. The zero-order valence-electron chi connectivity index (χ0n) is 46.0. The number of urea groups is 1. The van der Waals surface area contributed by atoms with Crippen LogP contribution in [0.4, 0.5) is 4.79 Å². The molecule has 1 saturated carbocycles. The van der Waals surface area contributed by atoms with Crippen molar-refractivity contribution < 1.29 is 54.7 Å². The van der Waals surface area contributed by atoms with Gasteiger partial charge in [0.2, 0.25) is 0 Å². The number of halogens is 1. The van der Waals surface area contributed by atoms with Gasteiger partial charge in [0.25, 0.3) is 0 Å². The van der Waals surface area contributed by atoms with Crippen LogP contribution in [-0.2, 0) is 48.0 Å². The average molecular weight is 1170 g/mol. The number of alkyl halides is 2. The topological polar surface area (TPSA) is 163 Å². The maximum absolute atomic E-state index is 15.2. The number of amides is 4. The Kier molecular flexibility index (Phi) is 15.7. The molecule has 4 aromatic rings. The van der Waals surface area contributed by atoms with Crippen LogP contribution < -0.4 is 26.6 Å². The molecule has 4 saturated heterocycles. The molecule has 1 spiro atoms. The normalized spacial score (nSPS) is 26.2. The average Bonchev–Trinajstić information content (AvgIpc) is 4.36.